The van der Waals surface area contributed by atoms with E-state index < -0.39 is 5.97 Å². The average molecular weight is 265 g/mol. The van der Waals surface area contributed by atoms with E-state index in [2.05, 4.69) is 24.1 Å². The summed E-state index contributed by atoms with van der Waals surface area (Å²) >= 11 is 0. The Bertz CT molecular complexity index is 421. The molecule has 0 aliphatic rings. The van der Waals surface area contributed by atoms with E-state index in [1.54, 1.807) is 0 Å². The van der Waals surface area contributed by atoms with Gasteiger partial charge in [0.2, 0.25) is 0 Å². The molecular formula is C14H23N3O2. The second kappa shape index (κ2) is 7.61. The molecule has 1 atom stereocenters. The van der Waals surface area contributed by atoms with Crippen molar-refractivity contribution in [1.29, 1.82) is 0 Å². The van der Waals surface area contributed by atoms with Crippen LogP contribution in [-0.4, -0.2) is 22.6 Å². The Morgan fingerprint density at radius 3 is 2.84 bits per heavy atom. The largest absolute Gasteiger partial charge is 0.478 e. The number of hydrogen-bond donors (Lipinski definition) is 3. The zero-order chi connectivity index (χ0) is 14.3. The highest BCUT2D eigenvalue weighted by molar-refractivity contribution is 5.96. The van der Waals surface area contributed by atoms with Crippen LogP contribution in [0.4, 0.5) is 11.5 Å². The van der Waals surface area contributed by atoms with Crippen molar-refractivity contribution in [1.82, 2.24) is 4.98 Å². The fourth-order valence-corrected chi connectivity index (χ4v) is 1.98. The number of carboxylic acids is 1. The van der Waals surface area contributed by atoms with Crippen LogP contribution in [0.2, 0.25) is 0 Å². The van der Waals surface area contributed by atoms with E-state index in [1.807, 2.05) is 0 Å². The van der Waals surface area contributed by atoms with E-state index in [0.717, 1.165) is 13.0 Å². The first-order valence-corrected chi connectivity index (χ1v) is 6.81. The molecule has 5 heteroatoms. The lowest BCUT2D eigenvalue weighted by molar-refractivity contribution is 0.0698. The maximum Gasteiger partial charge on any atom is 0.337 e. The van der Waals surface area contributed by atoms with Crippen LogP contribution in [0.3, 0.4) is 0 Å². The molecule has 1 aromatic rings. The first-order chi connectivity index (χ1) is 9.10. The summed E-state index contributed by atoms with van der Waals surface area (Å²) in [5.74, 6) is 0.00505. The van der Waals surface area contributed by atoms with E-state index in [4.69, 9.17) is 10.8 Å². The van der Waals surface area contributed by atoms with Crippen molar-refractivity contribution in [3.8, 4) is 0 Å². The Labute approximate surface area is 114 Å². The fourth-order valence-electron chi connectivity index (χ4n) is 1.98. The molecule has 106 valence electrons. The zero-order valence-corrected chi connectivity index (χ0v) is 11.6. The number of carboxylic acid groups (broad SMARTS) is 1. The van der Waals surface area contributed by atoms with E-state index >= 15 is 0 Å². The molecule has 0 amide bonds. The predicted molar refractivity (Wildman–Crippen MR) is 77.4 cm³/mol. The van der Waals surface area contributed by atoms with Gasteiger partial charge in [-0.25, -0.2) is 9.78 Å². The standard InChI is InChI=1S/C14H23N3O2/c1-3-5-6-10(4-2)9-17-13-12(15)11(14(18)19)7-8-16-13/h7-8,10H,3-6,9,15H2,1-2H3,(H,16,17)(H,18,19). The van der Waals surface area contributed by atoms with Gasteiger partial charge in [0.05, 0.1) is 11.3 Å². The highest BCUT2D eigenvalue weighted by Gasteiger charge is 2.13. The van der Waals surface area contributed by atoms with Crippen LogP contribution < -0.4 is 11.1 Å². The molecular weight excluding hydrogens is 242 g/mol. The van der Waals surface area contributed by atoms with Gasteiger partial charge in [-0.3, -0.25) is 0 Å². The summed E-state index contributed by atoms with van der Waals surface area (Å²) in [5, 5.41) is 12.2. The summed E-state index contributed by atoms with van der Waals surface area (Å²) in [6.07, 6.45) is 6.11. The number of hydrogen-bond acceptors (Lipinski definition) is 4. The number of anilines is 2. The summed E-state index contributed by atoms with van der Waals surface area (Å²) in [6, 6.07) is 1.41. The molecule has 0 fully saturated rings. The van der Waals surface area contributed by atoms with Gasteiger partial charge in [0.15, 0.2) is 0 Å². The molecule has 1 rings (SSSR count). The second-order valence-electron chi connectivity index (χ2n) is 4.72. The molecule has 1 unspecified atom stereocenters. The normalized spacial score (nSPS) is 12.1. The Kier molecular flexibility index (Phi) is 6.12. The van der Waals surface area contributed by atoms with Gasteiger partial charge in [0.1, 0.15) is 5.82 Å². The number of unbranched alkanes of at least 4 members (excludes halogenated alkanes) is 1. The first kappa shape index (κ1) is 15.3. The number of nitrogens with two attached hydrogens (primary N) is 1. The van der Waals surface area contributed by atoms with Gasteiger partial charge in [0, 0.05) is 12.7 Å². The average Bonchev–Trinajstić information content (AvgIpc) is 2.40. The van der Waals surface area contributed by atoms with Crippen LogP contribution >= 0.6 is 0 Å². The Morgan fingerprint density at radius 1 is 1.53 bits per heavy atom. The molecule has 0 radical (unpaired) electrons. The summed E-state index contributed by atoms with van der Waals surface area (Å²) in [7, 11) is 0. The van der Waals surface area contributed by atoms with Crippen molar-refractivity contribution in [3.05, 3.63) is 17.8 Å². The number of pyridine rings is 1. The minimum atomic E-state index is -1.03. The minimum absolute atomic E-state index is 0.0964. The molecule has 1 heterocycles. The summed E-state index contributed by atoms with van der Waals surface area (Å²) in [4.78, 5) is 15.1. The van der Waals surface area contributed by atoms with Gasteiger partial charge in [-0.05, 0) is 18.4 Å². The monoisotopic (exact) mass is 265 g/mol. The van der Waals surface area contributed by atoms with Gasteiger partial charge >= 0.3 is 5.97 Å². The van der Waals surface area contributed by atoms with Crippen LogP contribution in [0.25, 0.3) is 0 Å². The van der Waals surface area contributed by atoms with Gasteiger partial charge in [-0.1, -0.05) is 33.1 Å². The highest BCUT2D eigenvalue weighted by atomic mass is 16.4. The number of nitrogen functional groups attached to an aromatic ring is 1. The molecule has 1 aromatic heterocycles. The third kappa shape index (κ3) is 4.43. The van der Waals surface area contributed by atoms with E-state index in [0.29, 0.717) is 11.7 Å². The lowest BCUT2D eigenvalue weighted by atomic mass is 9.99. The smallest absolute Gasteiger partial charge is 0.337 e. The van der Waals surface area contributed by atoms with Crippen LogP contribution in [0.15, 0.2) is 12.3 Å². The highest BCUT2D eigenvalue weighted by Crippen LogP contribution is 2.21. The molecule has 0 aromatic carbocycles. The van der Waals surface area contributed by atoms with Crippen molar-refractivity contribution in [3.63, 3.8) is 0 Å². The number of nitrogens with zero attached hydrogens (tertiary/aromatic N) is 1. The van der Waals surface area contributed by atoms with Crippen molar-refractivity contribution in [2.24, 2.45) is 5.92 Å². The Balaban J connectivity index is 2.66. The third-order valence-corrected chi connectivity index (χ3v) is 3.32. The third-order valence-electron chi connectivity index (χ3n) is 3.32. The lowest BCUT2D eigenvalue weighted by Gasteiger charge is -2.17. The van der Waals surface area contributed by atoms with Gasteiger partial charge < -0.3 is 16.2 Å². The minimum Gasteiger partial charge on any atom is -0.478 e. The summed E-state index contributed by atoms with van der Waals surface area (Å²) in [6.45, 7) is 5.11. The molecule has 5 nitrogen and oxygen atoms in total. The van der Waals surface area contributed by atoms with Crippen molar-refractivity contribution < 1.29 is 9.90 Å². The second-order valence-corrected chi connectivity index (χ2v) is 4.72. The van der Waals surface area contributed by atoms with Crippen molar-refractivity contribution >= 4 is 17.5 Å². The Hall–Kier alpha value is -1.78. The maximum atomic E-state index is 11.0. The maximum absolute atomic E-state index is 11.0. The molecule has 0 bridgehead atoms. The molecule has 0 aliphatic heterocycles. The number of aromatic nitrogens is 1. The van der Waals surface area contributed by atoms with E-state index in [1.165, 1.54) is 31.5 Å². The van der Waals surface area contributed by atoms with Crippen LogP contribution in [0.5, 0.6) is 0 Å². The predicted octanol–water partition coefficient (Wildman–Crippen LogP) is 2.99. The van der Waals surface area contributed by atoms with Gasteiger partial charge in [-0.2, -0.15) is 0 Å². The topological polar surface area (TPSA) is 88.2 Å². The summed E-state index contributed by atoms with van der Waals surface area (Å²) < 4.78 is 0. The Morgan fingerprint density at radius 2 is 2.26 bits per heavy atom. The number of nitrogens with one attached hydrogen (secondary N) is 1. The SMILES string of the molecule is CCCCC(CC)CNc1nccc(C(=O)O)c1N. The van der Waals surface area contributed by atoms with E-state index in [-0.39, 0.29) is 11.3 Å². The lowest BCUT2D eigenvalue weighted by Crippen LogP contribution is -2.16. The molecule has 19 heavy (non-hydrogen) atoms. The van der Waals surface area contributed by atoms with Crippen LogP contribution in [0.1, 0.15) is 49.9 Å². The summed E-state index contributed by atoms with van der Waals surface area (Å²) in [5.41, 5.74) is 6.11. The van der Waals surface area contributed by atoms with Crippen LogP contribution in [-0.2, 0) is 0 Å². The zero-order valence-electron chi connectivity index (χ0n) is 11.6. The molecule has 0 aliphatic carbocycles. The van der Waals surface area contributed by atoms with Crippen LogP contribution in [0, 0.1) is 5.92 Å². The quantitative estimate of drug-likeness (QED) is 0.672. The van der Waals surface area contributed by atoms with Gasteiger partial charge in [0.25, 0.3) is 0 Å². The number of aromatic carboxylic acids is 1. The number of rotatable bonds is 8. The molecule has 0 saturated heterocycles. The van der Waals surface area contributed by atoms with Crippen molar-refractivity contribution in [2.45, 2.75) is 39.5 Å². The van der Waals surface area contributed by atoms with E-state index in [9.17, 15) is 4.79 Å². The van der Waals surface area contributed by atoms with Crippen molar-refractivity contribution in [2.75, 3.05) is 17.6 Å². The number of carbonyl (C=O) groups is 1. The molecule has 4 N–H and O–H groups in total. The molecule has 0 saturated carbocycles. The fraction of sp³-hybridized carbons (Fsp3) is 0.571. The molecule has 0 spiro atoms. The first-order valence-electron chi connectivity index (χ1n) is 6.81. The van der Waals surface area contributed by atoms with Gasteiger partial charge in [-0.15, -0.1) is 0 Å².